The summed E-state index contributed by atoms with van der Waals surface area (Å²) in [5, 5.41) is 3.27. The van der Waals surface area contributed by atoms with Gasteiger partial charge in [0.25, 0.3) is 0 Å². The molecule has 1 N–H and O–H groups in total. The van der Waals surface area contributed by atoms with Crippen LogP contribution in [0.5, 0.6) is 0 Å². The van der Waals surface area contributed by atoms with Crippen molar-refractivity contribution < 1.29 is 23.5 Å². The van der Waals surface area contributed by atoms with Gasteiger partial charge in [-0.2, -0.15) is 0 Å². The Labute approximate surface area is 178 Å². The lowest BCUT2D eigenvalue weighted by molar-refractivity contribution is -0.139. The number of nitrogens with zero attached hydrogens (tertiary/aromatic N) is 1. The minimum Gasteiger partial charge on any atom is -0.466 e. The minimum absolute atomic E-state index is 0.00703. The van der Waals surface area contributed by atoms with Crippen LogP contribution in [0.3, 0.4) is 0 Å². The topological polar surface area (TPSA) is 69.6 Å². The van der Waals surface area contributed by atoms with Crippen molar-refractivity contribution in [3.05, 3.63) is 81.9 Å². The Morgan fingerprint density at radius 2 is 1.77 bits per heavy atom. The summed E-state index contributed by atoms with van der Waals surface area (Å²) in [6.07, 6.45) is 3.63. The first-order valence-electron chi connectivity index (χ1n) is 9.41. The first kappa shape index (κ1) is 21.6. The molecule has 3 rings (SSSR count). The van der Waals surface area contributed by atoms with E-state index in [2.05, 4.69) is 5.32 Å². The third-order valence-corrected chi connectivity index (χ3v) is 5.13. The summed E-state index contributed by atoms with van der Waals surface area (Å²) in [5.74, 6) is -2.30. The molecule has 0 saturated heterocycles. The van der Waals surface area contributed by atoms with Crippen LogP contribution in [0.2, 0.25) is 5.02 Å². The SMILES string of the molecule is CCOC(=O)C1=C(Cn2cccc2)NC(CF)=C(C(=O)OC)C1c1ccccc1Cl. The van der Waals surface area contributed by atoms with E-state index in [0.29, 0.717) is 16.3 Å². The van der Waals surface area contributed by atoms with Gasteiger partial charge in [-0.15, -0.1) is 0 Å². The molecule has 1 atom stereocenters. The molecular weight excluding hydrogens is 411 g/mol. The summed E-state index contributed by atoms with van der Waals surface area (Å²) in [4.78, 5) is 25.7. The van der Waals surface area contributed by atoms with Crippen LogP contribution in [0.1, 0.15) is 18.4 Å². The van der Waals surface area contributed by atoms with Crippen molar-refractivity contribution in [3.8, 4) is 0 Å². The molecule has 0 amide bonds. The number of nitrogens with one attached hydrogen (secondary N) is 1. The van der Waals surface area contributed by atoms with Crippen LogP contribution in [-0.4, -0.2) is 36.9 Å². The van der Waals surface area contributed by atoms with Gasteiger partial charge in [-0.1, -0.05) is 29.8 Å². The summed E-state index contributed by atoms with van der Waals surface area (Å²) in [6.45, 7) is 1.13. The van der Waals surface area contributed by atoms with E-state index in [4.69, 9.17) is 21.1 Å². The number of alkyl halides is 1. The molecule has 0 bridgehead atoms. The van der Waals surface area contributed by atoms with Crippen molar-refractivity contribution in [1.29, 1.82) is 0 Å². The lowest BCUT2D eigenvalue weighted by Crippen LogP contribution is -2.36. The number of halogens is 2. The number of dihydropyridines is 1. The molecule has 2 heterocycles. The second-order valence-corrected chi connectivity index (χ2v) is 6.97. The fraction of sp³-hybridized carbons (Fsp3) is 0.273. The quantitative estimate of drug-likeness (QED) is 0.675. The number of allylic oxidation sites excluding steroid dienone is 2. The van der Waals surface area contributed by atoms with E-state index in [0.717, 1.165) is 0 Å². The maximum atomic E-state index is 14.0. The molecule has 158 valence electrons. The number of carbonyl (C=O) groups is 2. The average molecular weight is 433 g/mol. The Bertz CT molecular complexity index is 998. The largest absolute Gasteiger partial charge is 0.466 e. The highest BCUT2D eigenvalue weighted by molar-refractivity contribution is 6.31. The van der Waals surface area contributed by atoms with Gasteiger partial charge < -0.3 is 19.4 Å². The average Bonchev–Trinajstić information content (AvgIpc) is 3.26. The van der Waals surface area contributed by atoms with Gasteiger partial charge in [-0.3, -0.25) is 0 Å². The van der Waals surface area contributed by atoms with Crippen LogP contribution < -0.4 is 5.32 Å². The van der Waals surface area contributed by atoms with Crippen LogP contribution in [0, 0.1) is 0 Å². The Kier molecular flexibility index (Phi) is 6.95. The van der Waals surface area contributed by atoms with Crippen molar-refractivity contribution in [2.75, 3.05) is 20.4 Å². The van der Waals surface area contributed by atoms with Crippen LogP contribution in [0.25, 0.3) is 0 Å². The monoisotopic (exact) mass is 432 g/mol. The van der Waals surface area contributed by atoms with Crippen molar-refractivity contribution >= 4 is 23.5 Å². The Hall–Kier alpha value is -3.06. The number of methoxy groups -OCH3 is 1. The van der Waals surface area contributed by atoms with Gasteiger partial charge >= 0.3 is 11.9 Å². The van der Waals surface area contributed by atoms with Gasteiger partial charge in [0.1, 0.15) is 6.67 Å². The second kappa shape index (κ2) is 9.63. The summed E-state index contributed by atoms with van der Waals surface area (Å²) < 4.78 is 26.1. The normalized spacial score (nSPS) is 16.3. The Morgan fingerprint density at radius 3 is 2.37 bits per heavy atom. The van der Waals surface area contributed by atoms with Gasteiger partial charge in [-0.05, 0) is 30.7 Å². The summed E-state index contributed by atoms with van der Waals surface area (Å²) >= 11 is 6.43. The molecule has 0 radical (unpaired) electrons. The summed E-state index contributed by atoms with van der Waals surface area (Å²) in [6, 6.07) is 10.5. The van der Waals surface area contributed by atoms with E-state index < -0.39 is 24.5 Å². The van der Waals surface area contributed by atoms with Crippen LogP contribution in [-0.2, 0) is 25.6 Å². The number of carbonyl (C=O) groups excluding carboxylic acids is 2. The molecule has 1 unspecified atom stereocenters. The molecule has 1 aliphatic heterocycles. The zero-order chi connectivity index (χ0) is 21.7. The number of benzene rings is 1. The molecule has 1 aromatic heterocycles. The van der Waals surface area contributed by atoms with Gasteiger partial charge in [0.2, 0.25) is 0 Å². The third-order valence-electron chi connectivity index (χ3n) is 4.79. The van der Waals surface area contributed by atoms with E-state index in [-0.39, 0.29) is 30.0 Å². The molecule has 6 nitrogen and oxygen atoms in total. The van der Waals surface area contributed by atoms with Crippen molar-refractivity contribution in [3.63, 3.8) is 0 Å². The maximum absolute atomic E-state index is 14.0. The number of rotatable bonds is 7. The van der Waals surface area contributed by atoms with E-state index >= 15 is 0 Å². The number of hydrogen-bond acceptors (Lipinski definition) is 5. The smallest absolute Gasteiger partial charge is 0.336 e. The number of ether oxygens (including phenoxy) is 2. The predicted molar refractivity (Wildman–Crippen MR) is 110 cm³/mol. The molecule has 8 heteroatoms. The summed E-state index contributed by atoms with van der Waals surface area (Å²) in [5.41, 5.74) is 1.13. The zero-order valence-corrected chi connectivity index (χ0v) is 17.4. The van der Waals surface area contributed by atoms with Gasteiger partial charge in [0, 0.05) is 23.1 Å². The van der Waals surface area contributed by atoms with E-state index in [9.17, 15) is 14.0 Å². The van der Waals surface area contributed by atoms with Gasteiger partial charge in [0.05, 0.1) is 43.0 Å². The number of aromatic nitrogens is 1. The highest BCUT2D eigenvalue weighted by Crippen LogP contribution is 2.42. The number of esters is 2. The molecule has 0 spiro atoms. The predicted octanol–water partition coefficient (Wildman–Crippen LogP) is 3.74. The van der Waals surface area contributed by atoms with Crippen LogP contribution in [0.15, 0.2) is 71.3 Å². The summed E-state index contributed by atoms with van der Waals surface area (Å²) in [7, 11) is 1.21. The van der Waals surface area contributed by atoms with E-state index in [1.807, 2.05) is 29.1 Å². The van der Waals surface area contributed by atoms with Crippen LogP contribution >= 0.6 is 11.6 Å². The van der Waals surface area contributed by atoms with E-state index in [1.54, 1.807) is 31.2 Å². The molecule has 0 fully saturated rings. The number of hydrogen-bond donors (Lipinski definition) is 1. The highest BCUT2D eigenvalue weighted by Gasteiger charge is 2.40. The molecule has 30 heavy (non-hydrogen) atoms. The molecule has 0 aliphatic carbocycles. The zero-order valence-electron chi connectivity index (χ0n) is 16.7. The molecule has 1 aromatic carbocycles. The first-order valence-corrected chi connectivity index (χ1v) is 9.79. The van der Waals surface area contributed by atoms with Crippen molar-refractivity contribution in [2.45, 2.75) is 19.4 Å². The standard InChI is InChI=1S/C22H22ClFN2O4/c1-3-30-22(28)20-17(13-26-10-6-7-11-26)25-16(12-24)19(21(27)29-2)18(20)14-8-4-5-9-15(14)23/h4-11,18,25H,3,12-13H2,1-2H3. The van der Waals surface area contributed by atoms with Gasteiger partial charge in [-0.25, -0.2) is 14.0 Å². The van der Waals surface area contributed by atoms with Crippen molar-refractivity contribution in [2.24, 2.45) is 0 Å². The highest BCUT2D eigenvalue weighted by atomic mass is 35.5. The van der Waals surface area contributed by atoms with Crippen LogP contribution in [0.4, 0.5) is 4.39 Å². The molecular formula is C22H22ClFN2O4. The first-order chi connectivity index (χ1) is 14.5. The van der Waals surface area contributed by atoms with E-state index in [1.165, 1.54) is 7.11 Å². The fourth-order valence-corrected chi connectivity index (χ4v) is 3.76. The Balaban J connectivity index is 2.27. The van der Waals surface area contributed by atoms with Gasteiger partial charge in [0.15, 0.2) is 0 Å². The lowest BCUT2D eigenvalue weighted by Gasteiger charge is -2.32. The third kappa shape index (κ3) is 4.26. The Morgan fingerprint density at radius 1 is 1.10 bits per heavy atom. The fourth-order valence-electron chi connectivity index (χ4n) is 3.52. The molecule has 0 saturated carbocycles. The molecule has 2 aromatic rings. The maximum Gasteiger partial charge on any atom is 0.336 e. The second-order valence-electron chi connectivity index (χ2n) is 6.57. The lowest BCUT2D eigenvalue weighted by atomic mass is 9.80. The molecule has 1 aliphatic rings. The minimum atomic E-state index is -0.948. The van der Waals surface area contributed by atoms with Crippen molar-refractivity contribution in [1.82, 2.24) is 9.88 Å².